The number of amides is 1. The quantitative estimate of drug-likeness (QED) is 0.651. The second-order valence-electron chi connectivity index (χ2n) is 6.77. The molecule has 0 saturated carbocycles. The van der Waals surface area contributed by atoms with Crippen LogP contribution in [0.3, 0.4) is 0 Å². The molecule has 0 saturated heterocycles. The molecule has 4 nitrogen and oxygen atoms in total. The van der Waals surface area contributed by atoms with Crippen molar-refractivity contribution in [2.24, 2.45) is 0 Å². The van der Waals surface area contributed by atoms with E-state index in [-0.39, 0.29) is 11.5 Å². The van der Waals surface area contributed by atoms with Gasteiger partial charge in [0.25, 0.3) is 5.91 Å². The number of aromatic nitrogens is 2. The first kappa shape index (κ1) is 19.7. The van der Waals surface area contributed by atoms with Crippen LogP contribution in [0.4, 0.5) is 13.2 Å². The van der Waals surface area contributed by atoms with Gasteiger partial charge in [-0.2, -0.15) is 13.2 Å². The second-order valence-corrected chi connectivity index (χ2v) is 6.77. The van der Waals surface area contributed by atoms with E-state index in [4.69, 9.17) is 0 Å². The van der Waals surface area contributed by atoms with E-state index >= 15 is 0 Å². The fraction of sp³-hybridized carbons (Fsp3) is 0.238. The lowest BCUT2D eigenvalue weighted by Crippen LogP contribution is -2.21. The molecule has 0 aliphatic carbocycles. The molecule has 0 unspecified atom stereocenters. The Morgan fingerprint density at radius 2 is 1.79 bits per heavy atom. The summed E-state index contributed by atoms with van der Waals surface area (Å²) < 4.78 is 39.9. The van der Waals surface area contributed by atoms with Crippen LogP contribution in [0.25, 0.3) is 11.4 Å². The molecule has 0 radical (unpaired) electrons. The molecule has 0 atom stereocenters. The Morgan fingerprint density at radius 1 is 1.07 bits per heavy atom. The smallest absolute Gasteiger partial charge is 0.345 e. The molecule has 3 aromatic rings. The lowest BCUT2D eigenvalue weighted by atomic mass is 10.1. The minimum Gasteiger partial charge on any atom is -0.345 e. The Labute approximate surface area is 161 Å². The second kappa shape index (κ2) is 7.88. The Morgan fingerprint density at radius 3 is 2.50 bits per heavy atom. The third-order valence-corrected chi connectivity index (χ3v) is 4.24. The molecular formula is C21H20F3N3O. The number of hydrogen-bond donors (Lipinski definition) is 0. The summed E-state index contributed by atoms with van der Waals surface area (Å²) in [6, 6.07) is 13.6. The highest BCUT2D eigenvalue weighted by molar-refractivity contribution is 5.94. The average Bonchev–Trinajstić information content (AvgIpc) is 3.08. The van der Waals surface area contributed by atoms with E-state index in [9.17, 15) is 18.0 Å². The maximum absolute atomic E-state index is 12.7. The first-order valence-electron chi connectivity index (χ1n) is 8.71. The van der Waals surface area contributed by atoms with Crippen LogP contribution in [-0.2, 0) is 13.0 Å². The number of benzene rings is 2. The zero-order valence-electron chi connectivity index (χ0n) is 15.6. The molecule has 0 spiro atoms. The largest absolute Gasteiger partial charge is 0.393 e. The van der Waals surface area contributed by atoms with Crippen molar-refractivity contribution in [1.29, 1.82) is 0 Å². The van der Waals surface area contributed by atoms with Gasteiger partial charge in [0.1, 0.15) is 5.82 Å². The molecule has 1 heterocycles. The van der Waals surface area contributed by atoms with Crippen molar-refractivity contribution in [3.8, 4) is 11.4 Å². The number of nitrogens with zero attached hydrogens (tertiary/aromatic N) is 3. The molecule has 146 valence electrons. The molecular weight excluding hydrogens is 367 g/mol. The lowest BCUT2D eigenvalue weighted by Gasteiger charge is -2.13. The summed E-state index contributed by atoms with van der Waals surface area (Å²) in [7, 11) is 3.38. The topological polar surface area (TPSA) is 38.1 Å². The van der Waals surface area contributed by atoms with E-state index in [1.165, 1.54) is 17.0 Å². The molecule has 0 aliphatic heterocycles. The number of carbonyl (C=O) groups excluding carboxylic acids is 1. The number of hydrogen-bond acceptors (Lipinski definition) is 2. The summed E-state index contributed by atoms with van der Waals surface area (Å²) in [5, 5.41) is 0. The highest BCUT2D eigenvalue weighted by atomic mass is 19.4. The van der Waals surface area contributed by atoms with Gasteiger partial charge in [-0.15, -0.1) is 0 Å². The van der Waals surface area contributed by atoms with Crippen molar-refractivity contribution in [3.63, 3.8) is 0 Å². The first-order valence-corrected chi connectivity index (χ1v) is 8.71. The fourth-order valence-electron chi connectivity index (χ4n) is 3.01. The van der Waals surface area contributed by atoms with Gasteiger partial charge in [-0.3, -0.25) is 4.79 Å². The Hall–Kier alpha value is -3.09. The van der Waals surface area contributed by atoms with Crippen molar-refractivity contribution in [2.45, 2.75) is 19.1 Å². The molecule has 7 heteroatoms. The summed E-state index contributed by atoms with van der Waals surface area (Å²) in [6.07, 6.45) is -1.85. The van der Waals surface area contributed by atoms with Gasteiger partial charge in [0.15, 0.2) is 0 Å². The molecule has 2 aromatic carbocycles. The van der Waals surface area contributed by atoms with E-state index in [2.05, 4.69) is 4.98 Å². The van der Waals surface area contributed by atoms with Crippen LogP contribution in [0.15, 0.2) is 60.9 Å². The molecule has 0 fully saturated rings. The Bertz CT molecular complexity index is 977. The average molecular weight is 387 g/mol. The van der Waals surface area contributed by atoms with Crippen molar-refractivity contribution in [2.75, 3.05) is 14.1 Å². The third-order valence-electron chi connectivity index (χ3n) is 4.24. The minimum atomic E-state index is -4.26. The Kier molecular flexibility index (Phi) is 5.53. The van der Waals surface area contributed by atoms with E-state index < -0.39 is 12.6 Å². The van der Waals surface area contributed by atoms with Gasteiger partial charge >= 0.3 is 6.18 Å². The number of imidazole rings is 1. The number of halogens is 3. The van der Waals surface area contributed by atoms with Crippen LogP contribution in [0.1, 0.15) is 21.5 Å². The van der Waals surface area contributed by atoms with E-state index in [1.54, 1.807) is 44.7 Å². The predicted molar refractivity (Wildman–Crippen MR) is 101 cm³/mol. The van der Waals surface area contributed by atoms with Crippen molar-refractivity contribution >= 4 is 5.91 Å². The SMILES string of the molecule is CN(C)C(=O)c1cccc(Cn2ccnc2-c2cccc(CC(F)(F)F)c2)c1. The fourth-order valence-corrected chi connectivity index (χ4v) is 3.01. The van der Waals surface area contributed by atoms with Crippen LogP contribution < -0.4 is 0 Å². The van der Waals surface area contributed by atoms with Gasteiger partial charge in [-0.1, -0.05) is 30.3 Å². The van der Waals surface area contributed by atoms with E-state index in [1.807, 2.05) is 22.8 Å². The molecule has 0 aliphatic rings. The molecule has 0 N–H and O–H groups in total. The maximum atomic E-state index is 12.7. The van der Waals surface area contributed by atoms with Gasteiger partial charge in [-0.05, 0) is 29.3 Å². The molecule has 0 bridgehead atoms. The summed E-state index contributed by atoms with van der Waals surface area (Å²) >= 11 is 0. The van der Waals surface area contributed by atoms with Crippen molar-refractivity contribution in [1.82, 2.24) is 14.5 Å². The summed E-state index contributed by atoms with van der Waals surface area (Å²) in [6.45, 7) is 0.452. The normalized spacial score (nSPS) is 11.5. The highest BCUT2D eigenvalue weighted by Gasteiger charge is 2.27. The molecule has 28 heavy (non-hydrogen) atoms. The molecule has 3 rings (SSSR count). The zero-order valence-corrected chi connectivity index (χ0v) is 15.6. The van der Waals surface area contributed by atoms with Crippen LogP contribution in [0, 0.1) is 0 Å². The minimum absolute atomic E-state index is 0.0902. The van der Waals surface area contributed by atoms with Gasteiger partial charge < -0.3 is 9.47 Å². The predicted octanol–water partition coefficient (Wildman–Crippen LogP) is 4.41. The van der Waals surface area contributed by atoms with Gasteiger partial charge in [0.05, 0.1) is 6.42 Å². The number of carbonyl (C=O) groups is 1. The summed E-state index contributed by atoms with van der Waals surface area (Å²) in [5.41, 5.74) is 2.29. The monoisotopic (exact) mass is 387 g/mol. The van der Waals surface area contributed by atoms with Crippen LogP contribution >= 0.6 is 0 Å². The summed E-state index contributed by atoms with van der Waals surface area (Å²) in [5.74, 6) is 0.487. The van der Waals surface area contributed by atoms with Gasteiger partial charge in [-0.25, -0.2) is 4.98 Å². The third kappa shape index (κ3) is 4.79. The zero-order chi connectivity index (χ0) is 20.3. The van der Waals surface area contributed by atoms with Gasteiger partial charge in [0, 0.05) is 44.2 Å². The molecule has 1 amide bonds. The van der Waals surface area contributed by atoms with Gasteiger partial charge in [0.2, 0.25) is 0 Å². The first-order chi connectivity index (χ1) is 13.2. The van der Waals surface area contributed by atoms with Crippen LogP contribution in [0.5, 0.6) is 0 Å². The van der Waals surface area contributed by atoms with E-state index in [0.29, 0.717) is 23.5 Å². The van der Waals surface area contributed by atoms with Crippen molar-refractivity contribution < 1.29 is 18.0 Å². The van der Waals surface area contributed by atoms with Crippen LogP contribution in [-0.4, -0.2) is 40.6 Å². The van der Waals surface area contributed by atoms with Crippen LogP contribution in [0.2, 0.25) is 0 Å². The number of rotatable bonds is 5. The maximum Gasteiger partial charge on any atom is 0.393 e. The highest BCUT2D eigenvalue weighted by Crippen LogP contribution is 2.25. The lowest BCUT2D eigenvalue weighted by molar-refractivity contribution is -0.127. The van der Waals surface area contributed by atoms with E-state index in [0.717, 1.165) is 5.56 Å². The molecule has 1 aromatic heterocycles. The van der Waals surface area contributed by atoms with Crippen molar-refractivity contribution in [3.05, 3.63) is 77.6 Å². The number of alkyl halides is 3. The standard InChI is InChI=1S/C21H20F3N3O/c1-26(2)20(28)18-8-4-6-16(12-18)14-27-10-9-25-19(27)17-7-3-5-15(11-17)13-21(22,23)24/h3-12H,13-14H2,1-2H3. The summed E-state index contributed by atoms with van der Waals surface area (Å²) in [4.78, 5) is 18.0. The Balaban J connectivity index is 1.87.